The summed E-state index contributed by atoms with van der Waals surface area (Å²) >= 11 is 0. The second-order valence-corrected chi connectivity index (χ2v) is 5.53. The molecule has 12 heteroatoms. The van der Waals surface area contributed by atoms with E-state index in [0.717, 1.165) is 0 Å². The van der Waals surface area contributed by atoms with Crippen molar-refractivity contribution in [2.75, 3.05) is 13.2 Å². The molecule has 2 aliphatic heterocycles. The largest absolute Gasteiger partial charge is 1.00 e. The van der Waals surface area contributed by atoms with Crippen LogP contribution in [0.5, 0.6) is 0 Å². The fourth-order valence-electron chi connectivity index (χ4n) is 2.57. The molecule has 0 radical (unpaired) electrons. The van der Waals surface area contributed by atoms with Crippen LogP contribution in [0.4, 0.5) is 0 Å². The van der Waals surface area contributed by atoms with Crippen LogP contribution in [-0.2, 0) is 14.2 Å². The zero-order valence-electron chi connectivity index (χ0n) is 13.0. The number of hydrogen-bond acceptors (Lipinski definition) is 11. The number of hydrogen-bond donors (Lipinski definition) is 8. The van der Waals surface area contributed by atoms with E-state index in [1.807, 2.05) is 0 Å². The molecule has 2 rings (SSSR count). The Kier molecular flexibility index (Phi) is 8.93. The summed E-state index contributed by atoms with van der Waals surface area (Å²) in [4.78, 5) is 0. The summed E-state index contributed by atoms with van der Waals surface area (Å²) in [6.07, 6.45) is -15.6. The molecule has 10 atom stereocenters. The summed E-state index contributed by atoms with van der Waals surface area (Å²) in [7, 11) is 0. The first-order valence-corrected chi connectivity index (χ1v) is 7.08. The van der Waals surface area contributed by atoms with Gasteiger partial charge in [0.2, 0.25) is 0 Å². The van der Waals surface area contributed by atoms with Crippen LogP contribution in [0.3, 0.4) is 0 Å². The summed E-state index contributed by atoms with van der Waals surface area (Å²) < 4.78 is 15.3. The summed E-state index contributed by atoms with van der Waals surface area (Å²) in [5.41, 5.74) is 0. The molecule has 11 nitrogen and oxygen atoms in total. The first kappa shape index (κ1) is 22.6. The van der Waals surface area contributed by atoms with Gasteiger partial charge in [-0.1, -0.05) is 0 Å². The van der Waals surface area contributed by atoms with Gasteiger partial charge in [0.15, 0.2) is 12.6 Å². The quantitative estimate of drug-likeness (QED) is 0.221. The summed E-state index contributed by atoms with van der Waals surface area (Å²) in [6, 6.07) is 0. The molecular formula is C12H22NaO11+. The van der Waals surface area contributed by atoms with Crippen molar-refractivity contribution in [2.45, 2.75) is 61.4 Å². The molecule has 8 N–H and O–H groups in total. The van der Waals surface area contributed by atoms with Gasteiger partial charge >= 0.3 is 29.6 Å². The van der Waals surface area contributed by atoms with E-state index in [-0.39, 0.29) is 29.6 Å². The molecule has 2 saturated heterocycles. The predicted molar refractivity (Wildman–Crippen MR) is 68.6 cm³/mol. The molecular weight excluding hydrogens is 343 g/mol. The SMILES string of the molecule is OC[C@H]1O[C@@H](O[C@H]2[C@H](O)[C@@H](O)[C@H](O)O[C@@H]2CO)[C@H](O)[C@@H](O)[C@H]1O.[Na+]. The minimum absolute atomic E-state index is 0. The molecule has 2 fully saturated rings. The Bertz CT molecular complexity index is 384. The molecule has 136 valence electrons. The van der Waals surface area contributed by atoms with Gasteiger partial charge in [0.1, 0.15) is 48.8 Å². The van der Waals surface area contributed by atoms with Crippen LogP contribution < -0.4 is 29.6 Å². The third-order valence-electron chi connectivity index (χ3n) is 3.98. The Labute approximate surface area is 159 Å². The molecule has 2 aliphatic rings. The van der Waals surface area contributed by atoms with Gasteiger partial charge in [-0.15, -0.1) is 0 Å². The zero-order chi connectivity index (χ0) is 17.3. The van der Waals surface area contributed by atoms with Gasteiger partial charge in [-0.2, -0.15) is 0 Å². The Balaban J connectivity index is 0.00000288. The van der Waals surface area contributed by atoms with Crippen molar-refractivity contribution < 1.29 is 84.6 Å². The van der Waals surface area contributed by atoms with E-state index < -0.39 is 74.6 Å². The average Bonchev–Trinajstić information content (AvgIpc) is 2.55. The number of aliphatic hydroxyl groups is 8. The third kappa shape index (κ3) is 4.45. The molecule has 0 unspecified atom stereocenters. The fraction of sp³-hybridized carbons (Fsp3) is 1.00. The van der Waals surface area contributed by atoms with E-state index in [0.29, 0.717) is 0 Å². The molecule has 0 aromatic carbocycles. The summed E-state index contributed by atoms with van der Waals surface area (Å²) in [5.74, 6) is 0. The topological polar surface area (TPSA) is 190 Å². The first-order chi connectivity index (χ1) is 10.8. The third-order valence-corrected chi connectivity index (χ3v) is 3.98. The Morgan fingerprint density at radius 2 is 1.25 bits per heavy atom. The maximum atomic E-state index is 9.94. The maximum absolute atomic E-state index is 9.94. The van der Waals surface area contributed by atoms with Crippen molar-refractivity contribution >= 4 is 0 Å². The van der Waals surface area contributed by atoms with Gasteiger partial charge < -0.3 is 55.1 Å². The molecule has 0 saturated carbocycles. The average molecular weight is 365 g/mol. The minimum Gasteiger partial charge on any atom is -0.394 e. The minimum atomic E-state index is -1.74. The zero-order valence-corrected chi connectivity index (χ0v) is 15.0. The maximum Gasteiger partial charge on any atom is 1.00 e. The molecule has 0 aromatic rings. The van der Waals surface area contributed by atoms with Gasteiger partial charge in [0.05, 0.1) is 13.2 Å². The molecule has 0 aliphatic carbocycles. The predicted octanol–water partition coefficient (Wildman–Crippen LogP) is -8.39. The van der Waals surface area contributed by atoms with Crippen molar-refractivity contribution in [1.29, 1.82) is 0 Å². The monoisotopic (exact) mass is 365 g/mol. The molecule has 24 heavy (non-hydrogen) atoms. The van der Waals surface area contributed by atoms with E-state index in [2.05, 4.69) is 0 Å². The number of ether oxygens (including phenoxy) is 3. The van der Waals surface area contributed by atoms with Crippen molar-refractivity contribution in [3.63, 3.8) is 0 Å². The van der Waals surface area contributed by atoms with Crippen LogP contribution in [0.2, 0.25) is 0 Å². The fourth-order valence-corrected chi connectivity index (χ4v) is 2.57. The Morgan fingerprint density at radius 1 is 0.667 bits per heavy atom. The van der Waals surface area contributed by atoms with E-state index in [1.165, 1.54) is 0 Å². The van der Waals surface area contributed by atoms with Crippen molar-refractivity contribution in [2.24, 2.45) is 0 Å². The second kappa shape index (κ2) is 9.48. The van der Waals surface area contributed by atoms with Crippen LogP contribution in [0.25, 0.3) is 0 Å². The Morgan fingerprint density at radius 3 is 1.79 bits per heavy atom. The second-order valence-electron chi connectivity index (χ2n) is 5.53. The summed E-state index contributed by atoms with van der Waals surface area (Å²) in [6.45, 7) is -1.35. The van der Waals surface area contributed by atoms with Gasteiger partial charge in [0, 0.05) is 0 Å². The van der Waals surface area contributed by atoms with Crippen LogP contribution in [0.15, 0.2) is 0 Å². The van der Waals surface area contributed by atoms with E-state index >= 15 is 0 Å². The molecule has 0 bridgehead atoms. The molecule has 0 aromatic heterocycles. The van der Waals surface area contributed by atoms with Crippen molar-refractivity contribution in [1.82, 2.24) is 0 Å². The van der Waals surface area contributed by atoms with Gasteiger partial charge in [-0.25, -0.2) is 0 Å². The smallest absolute Gasteiger partial charge is 0.394 e. The normalized spacial score (nSPS) is 49.5. The van der Waals surface area contributed by atoms with Crippen LogP contribution >= 0.6 is 0 Å². The molecule has 0 amide bonds. The van der Waals surface area contributed by atoms with Crippen molar-refractivity contribution in [3.05, 3.63) is 0 Å². The van der Waals surface area contributed by atoms with Crippen LogP contribution in [0.1, 0.15) is 0 Å². The van der Waals surface area contributed by atoms with Gasteiger partial charge in [0.25, 0.3) is 0 Å². The molecule has 2 heterocycles. The van der Waals surface area contributed by atoms with E-state index in [9.17, 15) is 35.7 Å². The van der Waals surface area contributed by atoms with E-state index in [4.69, 9.17) is 19.3 Å². The van der Waals surface area contributed by atoms with Crippen LogP contribution in [-0.4, -0.2) is 115 Å². The van der Waals surface area contributed by atoms with Crippen molar-refractivity contribution in [3.8, 4) is 0 Å². The van der Waals surface area contributed by atoms with Crippen LogP contribution in [0, 0.1) is 0 Å². The number of aliphatic hydroxyl groups excluding tert-OH is 8. The van der Waals surface area contributed by atoms with Gasteiger partial charge in [-0.05, 0) is 0 Å². The standard InChI is InChI=1S/C12H22O11.Na/c13-1-3-5(15)6(16)9(19)12(22-3)23-10-4(2-14)21-11(20)8(18)7(10)17;/h3-20H,1-2H2;/q;+1/t3-,4-,5+,6+,7-,8-,9-,10-,11-,12+;/m1./s1. The number of rotatable bonds is 4. The molecule has 0 spiro atoms. The first-order valence-electron chi connectivity index (χ1n) is 7.08. The van der Waals surface area contributed by atoms with E-state index in [1.54, 1.807) is 0 Å². The van der Waals surface area contributed by atoms with Gasteiger partial charge in [-0.3, -0.25) is 0 Å². The Hall–Kier alpha value is 0.560. The summed E-state index contributed by atoms with van der Waals surface area (Å²) in [5, 5.41) is 76.5.